The van der Waals surface area contributed by atoms with Crippen LogP contribution in [0.1, 0.15) is 35.8 Å². The normalized spacial score (nSPS) is 16.8. The monoisotopic (exact) mass is 459 g/mol. The van der Waals surface area contributed by atoms with E-state index in [0.717, 1.165) is 18.7 Å². The smallest absolute Gasteiger partial charge is 0.251 e. The van der Waals surface area contributed by atoms with E-state index in [1.165, 1.54) is 0 Å². The minimum absolute atomic E-state index is 0. The number of nitrogens with two attached hydrogens (primary N) is 1. The molecule has 1 aliphatic rings. The third-order valence-corrected chi connectivity index (χ3v) is 5.01. The molecule has 3 N–H and O–H groups in total. The van der Waals surface area contributed by atoms with E-state index in [-0.39, 0.29) is 42.4 Å². The van der Waals surface area contributed by atoms with Gasteiger partial charge >= 0.3 is 0 Å². The molecule has 0 radical (unpaired) electrons. The van der Waals surface area contributed by atoms with Gasteiger partial charge in [0.05, 0.1) is 18.2 Å². The maximum atomic E-state index is 12.6. The first-order valence-corrected chi connectivity index (χ1v) is 9.49. The summed E-state index contributed by atoms with van der Waals surface area (Å²) in [5.74, 6) is -0.131. The molecule has 0 aromatic heterocycles. The second kappa shape index (κ2) is 11.0. The zero-order valence-electron chi connectivity index (χ0n) is 16.6. The molecular formula is C21H28Cl3N3O2. The van der Waals surface area contributed by atoms with E-state index in [2.05, 4.69) is 24.1 Å². The van der Waals surface area contributed by atoms with Gasteiger partial charge in [-0.25, -0.2) is 0 Å². The quantitative estimate of drug-likeness (QED) is 0.651. The van der Waals surface area contributed by atoms with Crippen molar-refractivity contribution in [3.63, 3.8) is 0 Å². The highest BCUT2D eigenvalue weighted by atomic mass is 35.5. The molecule has 2 aromatic carbocycles. The minimum Gasteiger partial charge on any atom is -0.399 e. The second-order valence-corrected chi connectivity index (χ2v) is 7.92. The third kappa shape index (κ3) is 7.05. The standard InChI is InChI=1S/C21H26ClN3O2.2ClH/c1-21(2)14-25(10-11-27-21)19(15-6-8-17(22)9-7-15)13-24-20(26)16-4-3-5-18(23)12-16;;/h3-9,12,19H,10-11,13-14,23H2,1-2H3,(H,24,26);2*1H. The van der Waals surface area contributed by atoms with Crippen molar-refractivity contribution in [2.75, 3.05) is 32.0 Å². The van der Waals surface area contributed by atoms with Crippen LogP contribution in [-0.2, 0) is 4.74 Å². The molecule has 2 aromatic rings. The van der Waals surface area contributed by atoms with Gasteiger partial charge in [-0.2, -0.15) is 0 Å². The zero-order chi connectivity index (χ0) is 19.4. The van der Waals surface area contributed by atoms with Crippen molar-refractivity contribution in [3.8, 4) is 0 Å². The Morgan fingerprint density at radius 3 is 2.55 bits per heavy atom. The molecule has 0 saturated carbocycles. The Morgan fingerprint density at radius 2 is 1.93 bits per heavy atom. The summed E-state index contributed by atoms with van der Waals surface area (Å²) in [7, 11) is 0. The summed E-state index contributed by atoms with van der Waals surface area (Å²) in [6, 6.07) is 14.8. The molecule has 1 atom stereocenters. The number of amides is 1. The lowest BCUT2D eigenvalue weighted by molar-refractivity contribution is -0.0972. The van der Waals surface area contributed by atoms with E-state index >= 15 is 0 Å². The fourth-order valence-electron chi connectivity index (χ4n) is 3.43. The van der Waals surface area contributed by atoms with Crippen LogP contribution in [0.4, 0.5) is 5.69 Å². The van der Waals surface area contributed by atoms with Gasteiger partial charge in [-0.05, 0) is 49.7 Å². The van der Waals surface area contributed by atoms with Gasteiger partial charge in [0.2, 0.25) is 0 Å². The van der Waals surface area contributed by atoms with E-state index in [1.807, 2.05) is 24.3 Å². The fourth-order valence-corrected chi connectivity index (χ4v) is 3.56. The summed E-state index contributed by atoms with van der Waals surface area (Å²) in [4.78, 5) is 14.9. The molecule has 29 heavy (non-hydrogen) atoms. The van der Waals surface area contributed by atoms with Crippen molar-refractivity contribution in [3.05, 3.63) is 64.7 Å². The maximum Gasteiger partial charge on any atom is 0.251 e. The number of nitrogens with one attached hydrogen (secondary N) is 1. The first-order chi connectivity index (χ1) is 12.8. The van der Waals surface area contributed by atoms with Crippen LogP contribution in [0, 0.1) is 0 Å². The highest BCUT2D eigenvalue weighted by Crippen LogP contribution is 2.27. The van der Waals surface area contributed by atoms with Gasteiger partial charge in [0.15, 0.2) is 0 Å². The Bertz CT molecular complexity index is 800. The topological polar surface area (TPSA) is 67.6 Å². The number of nitrogens with zero attached hydrogens (tertiary/aromatic N) is 1. The van der Waals surface area contributed by atoms with Crippen molar-refractivity contribution in [2.24, 2.45) is 0 Å². The predicted molar refractivity (Wildman–Crippen MR) is 123 cm³/mol. The third-order valence-electron chi connectivity index (χ3n) is 4.76. The number of carbonyl (C=O) groups excluding carboxylic acids is 1. The molecule has 1 heterocycles. The van der Waals surface area contributed by atoms with Gasteiger partial charge < -0.3 is 15.8 Å². The Balaban J connectivity index is 0.00000210. The van der Waals surface area contributed by atoms with E-state index in [1.54, 1.807) is 24.3 Å². The lowest BCUT2D eigenvalue weighted by Gasteiger charge is -2.42. The summed E-state index contributed by atoms with van der Waals surface area (Å²) < 4.78 is 5.84. The van der Waals surface area contributed by atoms with E-state index in [4.69, 9.17) is 22.1 Å². The molecule has 1 unspecified atom stereocenters. The largest absolute Gasteiger partial charge is 0.399 e. The van der Waals surface area contributed by atoms with Crippen LogP contribution in [0.25, 0.3) is 0 Å². The van der Waals surface area contributed by atoms with Crippen molar-refractivity contribution in [1.82, 2.24) is 10.2 Å². The maximum absolute atomic E-state index is 12.6. The second-order valence-electron chi connectivity index (χ2n) is 7.48. The summed E-state index contributed by atoms with van der Waals surface area (Å²) in [6.07, 6.45) is 0. The molecule has 8 heteroatoms. The number of benzene rings is 2. The Hall–Kier alpha value is -1.50. The number of morpholine rings is 1. The van der Waals surface area contributed by atoms with Gasteiger partial charge in [-0.3, -0.25) is 9.69 Å². The van der Waals surface area contributed by atoms with Crippen LogP contribution in [0.3, 0.4) is 0 Å². The summed E-state index contributed by atoms with van der Waals surface area (Å²) in [6.45, 7) is 6.93. The molecule has 1 saturated heterocycles. The van der Waals surface area contributed by atoms with Gasteiger partial charge in [0.25, 0.3) is 5.91 Å². The van der Waals surface area contributed by atoms with Crippen LogP contribution in [0.15, 0.2) is 48.5 Å². The number of rotatable bonds is 5. The lowest BCUT2D eigenvalue weighted by Crippen LogP contribution is -2.51. The molecule has 1 aliphatic heterocycles. The summed E-state index contributed by atoms with van der Waals surface area (Å²) in [5.41, 5.74) is 7.82. The average Bonchev–Trinajstić information content (AvgIpc) is 2.62. The molecule has 0 spiro atoms. The number of ether oxygens (including phenoxy) is 1. The van der Waals surface area contributed by atoms with E-state index in [0.29, 0.717) is 29.4 Å². The van der Waals surface area contributed by atoms with Crippen LogP contribution in [-0.4, -0.2) is 42.6 Å². The zero-order valence-corrected chi connectivity index (χ0v) is 18.9. The van der Waals surface area contributed by atoms with Crippen LogP contribution in [0.5, 0.6) is 0 Å². The van der Waals surface area contributed by atoms with Crippen LogP contribution < -0.4 is 11.1 Å². The van der Waals surface area contributed by atoms with Gasteiger partial charge in [-0.1, -0.05) is 29.8 Å². The van der Waals surface area contributed by atoms with Crippen molar-refractivity contribution >= 4 is 48.0 Å². The van der Waals surface area contributed by atoms with Gasteiger partial charge in [0, 0.05) is 35.9 Å². The minimum atomic E-state index is -0.221. The molecule has 0 aliphatic carbocycles. The summed E-state index contributed by atoms with van der Waals surface area (Å²) in [5, 5.41) is 3.75. The Morgan fingerprint density at radius 1 is 1.24 bits per heavy atom. The van der Waals surface area contributed by atoms with Crippen molar-refractivity contribution in [1.29, 1.82) is 0 Å². The van der Waals surface area contributed by atoms with E-state index in [9.17, 15) is 4.79 Å². The number of carbonyl (C=O) groups is 1. The first kappa shape index (κ1) is 25.5. The molecule has 1 amide bonds. The van der Waals surface area contributed by atoms with Crippen LogP contribution >= 0.6 is 36.4 Å². The van der Waals surface area contributed by atoms with Crippen LogP contribution in [0.2, 0.25) is 5.02 Å². The number of anilines is 1. The number of hydrogen-bond donors (Lipinski definition) is 2. The van der Waals surface area contributed by atoms with Gasteiger partial charge in [-0.15, -0.1) is 24.8 Å². The molecular weight excluding hydrogens is 433 g/mol. The number of nitrogen functional groups attached to an aromatic ring is 1. The molecule has 3 rings (SSSR count). The SMILES string of the molecule is CC1(C)CN(C(CNC(=O)c2cccc(N)c2)c2ccc(Cl)cc2)CCO1.Cl.Cl. The van der Waals surface area contributed by atoms with E-state index < -0.39 is 0 Å². The summed E-state index contributed by atoms with van der Waals surface area (Å²) >= 11 is 6.05. The predicted octanol–water partition coefficient (Wildman–Crippen LogP) is 4.35. The molecule has 5 nitrogen and oxygen atoms in total. The Kier molecular flexibility index (Phi) is 9.73. The highest BCUT2D eigenvalue weighted by Gasteiger charge is 2.32. The Labute approximate surface area is 189 Å². The fraction of sp³-hybridized carbons (Fsp3) is 0.381. The lowest BCUT2D eigenvalue weighted by atomic mass is 10.0. The molecule has 1 fully saturated rings. The van der Waals surface area contributed by atoms with Crippen molar-refractivity contribution < 1.29 is 9.53 Å². The highest BCUT2D eigenvalue weighted by molar-refractivity contribution is 6.30. The average molecular weight is 461 g/mol. The first-order valence-electron chi connectivity index (χ1n) is 9.11. The molecule has 0 bridgehead atoms. The van der Waals surface area contributed by atoms with Gasteiger partial charge in [0.1, 0.15) is 0 Å². The van der Waals surface area contributed by atoms with Crippen molar-refractivity contribution in [2.45, 2.75) is 25.5 Å². The molecule has 160 valence electrons. The number of halogens is 3. The number of hydrogen-bond acceptors (Lipinski definition) is 4.